The van der Waals surface area contributed by atoms with Crippen LogP contribution in [-0.4, -0.2) is 28.5 Å². The van der Waals surface area contributed by atoms with Crippen molar-refractivity contribution in [2.45, 2.75) is 38.3 Å². The zero-order valence-corrected chi connectivity index (χ0v) is 9.57. The fourth-order valence-electron chi connectivity index (χ4n) is 2.21. The third kappa shape index (κ3) is 2.09. The summed E-state index contributed by atoms with van der Waals surface area (Å²) in [4.78, 5) is 15.5. The van der Waals surface area contributed by atoms with Crippen LogP contribution in [0.3, 0.4) is 0 Å². The standard InChI is InChI=1S/C11H18N4O/c1-13-9(11(12)16)6-15-7-14-8-4-2-3-5-10(8)15/h7,9,13H,2-6H2,1H3,(H2,12,16). The Morgan fingerprint density at radius 1 is 1.62 bits per heavy atom. The molecular formula is C11H18N4O. The van der Waals surface area contributed by atoms with Crippen LogP contribution in [-0.2, 0) is 24.2 Å². The molecular weight excluding hydrogens is 204 g/mol. The second-order valence-corrected chi connectivity index (χ2v) is 4.24. The number of nitrogens with one attached hydrogen (secondary N) is 1. The molecule has 0 saturated carbocycles. The number of fused-ring (bicyclic) bond motifs is 1. The molecule has 0 radical (unpaired) electrons. The number of rotatable bonds is 4. The Hall–Kier alpha value is -1.36. The normalized spacial score (nSPS) is 16.8. The molecule has 1 aromatic rings. The first kappa shape index (κ1) is 11.1. The number of aryl methyl sites for hydroxylation is 1. The summed E-state index contributed by atoms with van der Waals surface area (Å²) in [5, 5.41) is 2.92. The van der Waals surface area contributed by atoms with E-state index < -0.39 is 0 Å². The molecule has 88 valence electrons. The van der Waals surface area contributed by atoms with Crippen molar-refractivity contribution in [2.75, 3.05) is 7.05 Å². The van der Waals surface area contributed by atoms with Gasteiger partial charge >= 0.3 is 0 Å². The topological polar surface area (TPSA) is 72.9 Å². The maximum atomic E-state index is 11.2. The summed E-state index contributed by atoms with van der Waals surface area (Å²) < 4.78 is 2.06. The zero-order valence-electron chi connectivity index (χ0n) is 9.57. The molecule has 0 aliphatic heterocycles. The maximum Gasteiger partial charge on any atom is 0.236 e. The van der Waals surface area contributed by atoms with Gasteiger partial charge < -0.3 is 15.6 Å². The van der Waals surface area contributed by atoms with Crippen LogP contribution in [0.2, 0.25) is 0 Å². The Bertz CT molecular complexity index is 385. The predicted octanol–water partition coefficient (Wildman–Crippen LogP) is -0.165. The second-order valence-electron chi connectivity index (χ2n) is 4.24. The van der Waals surface area contributed by atoms with E-state index in [0.717, 1.165) is 12.8 Å². The first-order valence-corrected chi connectivity index (χ1v) is 5.72. The van der Waals surface area contributed by atoms with E-state index in [0.29, 0.717) is 6.54 Å². The maximum absolute atomic E-state index is 11.2. The predicted molar refractivity (Wildman–Crippen MR) is 60.9 cm³/mol. The van der Waals surface area contributed by atoms with Gasteiger partial charge in [-0.05, 0) is 32.7 Å². The summed E-state index contributed by atoms with van der Waals surface area (Å²) in [5.41, 5.74) is 7.76. The van der Waals surface area contributed by atoms with Crippen LogP contribution in [0.1, 0.15) is 24.2 Å². The van der Waals surface area contributed by atoms with Crippen molar-refractivity contribution in [3.63, 3.8) is 0 Å². The highest BCUT2D eigenvalue weighted by Gasteiger charge is 2.19. The fraction of sp³-hybridized carbons (Fsp3) is 0.636. The van der Waals surface area contributed by atoms with E-state index in [4.69, 9.17) is 5.73 Å². The highest BCUT2D eigenvalue weighted by molar-refractivity contribution is 5.79. The molecule has 1 atom stereocenters. The average molecular weight is 222 g/mol. The summed E-state index contributed by atoms with van der Waals surface area (Å²) in [6.07, 6.45) is 6.37. The Labute approximate surface area is 95.0 Å². The van der Waals surface area contributed by atoms with E-state index >= 15 is 0 Å². The van der Waals surface area contributed by atoms with E-state index in [1.807, 2.05) is 6.33 Å². The number of carbonyl (C=O) groups is 1. The molecule has 1 amide bonds. The third-order valence-electron chi connectivity index (χ3n) is 3.18. The minimum Gasteiger partial charge on any atom is -0.368 e. The molecule has 16 heavy (non-hydrogen) atoms. The molecule has 0 saturated heterocycles. The summed E-state index contributed by atoms with van der Waals surface area (Å²) >= 11 is 0. The van der Waals surface area contributed by atoms with Crippen LogP contribution in [0.5, 0.6) is 0 Å². The van der Waals surface area contributed by atoms with Gasteiger partial charge in [0.1, 0.15) is 6.04 Å². The van der Waals surface area contributed by atoms with Crippen molar-refractivity contribution >= 4 is 5.91 Å². The Kier molecular flexibility index (Phi) is 3.24. The number of amides is 1. The second kappa shape index (κ2) is 4.65. The van der Waals surface area contributed by atoms with Crippen LogP contribution < -0.4 is 11.1 Å². The van der Waals surface area contributed by atoms with Gasteiger partial charge in [0.05, 0.1) is 12.0 Å². The summed E-state index contributed by atoms with van der Waals surface area (Å²) in [6.45, 7) is 0.578. The lowest BCUT2D eigenvalue weighted by molar-refractivity contribution is -0.120. The number of likely N-dealkylation sites (N-methyl/N-ethyl adjacent to an activating group) is 1. The van der Waals surface area contributed by atoms with Crippen molar-refractivity contribution in [2.24, 2.45) is 5.73 Å². The van der Waals surface area contributed by atoms with E-state index in [1.54, 1.807) is 7.05 Å². The quantitative estimate of drug-likeness (QED) is 0.743. The largest absolute Gasteiger partial charge is 0.368 e. The summed E-state index contributed by atoms with van der Waals surface area (Å²) in [7, 11) is 1.75. The van der Waals surface area contributed by atoms with Crippen LogP contribution >= 0.6 is 0 Å². The minimum atomic E-state index is -0.319. The molecule has 0 aromatic carbocycles. The van der Waals surface area contributed by atoms with Gasteiger partial charge in [-0.2, -0.15) is 0 Å². The molecule has 3 N–H and O–H groups in total. The van der Waals surface area contributed by atoms with Gasteiger partial charge in [-0.15, -0.1) is 0 Å². The fourth-order valence-corrected chi connectivity index (χ4v) is 2.21. The first-order chi connectivity index (χ1) is 7.72. The van der Waals surface area contributed by atoms with Gasteiger partial charge in [-0.1, -0.05) is 0 Å². The molecule has 0 bridgehead atoms. The van der Waals surface area contributed by atoms with Crippen molar-refractivity contribution < 1.29 is 4.79 Å². The highest BCUT2D eigenvalue weighted by atomic mass is 16.1. The highest BCUT2D eigenvalue weighted by Crippen LogP contribution is 2.19. The Morgan fingerprint density at radius 2 is 2.38 bits per heavy atom. The van der Waals surface area contributed by atoms with Gasteiger partial charge in [-0.3, -0.25) is 4.79 Å². The first-order valence-electron chi connectivity index (χ1n) is 5.72. The molecule has 5 heteroatoms. The number of imidazole rings is 1. The van der Waals surface area contributed by atoms with E-state index in [9.17, 15) is 4.79 Å². The number of nitrogens with zero attached hydrogens (tertiary/aromatic N) is 2. The van der Waals surface area contributed by atoms with Gasteiger partial charge in [0.2, 0.25) is 5.91 Å². The lowest BCUT2D eigenvalue weighted by Crippen LogP contribution is -2.42. The summed E-state index contributed by atoms with van der Waals surface area (Å²) in [5.74, 6) is -0.319. The van der Waals surface area contributed by atoms with Gasteiger partial charge in [0.25, 0.3) is 0 Å². The number of carbonyl (C=O) groups excluding carboxylic acids is 1. The number of primary amides is 1. The van der Waals surface area contributed by atoms with Gasteiger partial charge in [-0.25, -0.2) is 4.98 Å². The van der Waals surface area contributed by atoms with Crippen LogP contribution in [0.4, 0.5) is 0 Å². The molecule has 1 aliphatic carbocycles. The Morgan fingerprint density at radius 3 is 3.06 bits per heavy atom. The smallest absolute Gasteiger partial charge is 0.236 e. The molecule has 0 fully saturated rings. The molecule has 2 rings (SSSR count). The van der Waals surface area contributed by atoms with Crippen molar-refractivity contribution in [3.05, 3.63) is 17.7 Å². The molecule has 0 spiro atoms. The molecule has 5 nitrogen and oxygen atoms in total. The van der Waals surface area contributed by atoms with E-state index in [-0.39, 0.29) is 11.9 Å². The van der Waals surface area contributed by atoms with Crippen molar-refractivity contribution in [1.29, 1.82) is 0 Å². The number of hydrogen-bond donors (Lipinski definition) is 2. The SMILES string of the molecule is CNC(Cn1cnc2c1CCCC2)C(N)=O. The third-order valence-corrected chi connectivity index (χ3v) is 3.18. The van der Waals surface area contributed by atoms with Crippen molar-refractivity contribution in [1.82, 2.24) is 14.9 Å². The zero-order chi connectivity index (χ0) is 11.5. The minimum absolute atomic E-state index is 0.319. The van der Waals surface area contributed by atoms with Crippen LogP contribution in [0.15, 0.2) is 6.33 Å². The van der Waals surface area contributed by atoms with E-state index in [2.05, 4.69) is 14.9 Å². The number of hydrogen-bond acceptors (Lipinski definition) is 3. The average Bonchev–Trinajstić information content (AvgIpc) is 2.69. The molecule has 1 unspecified atom stereocenters. The lowest BCUT2D eigenvalue weighted by atomic mass is 10.0. The molecule has 1 aliphatic rings. The van der Waals surface area contributed by atoms with Crippen molar-refractivity contribution in [3.8, 4) is 0 Å². The monoisotopic (exact) mass is 222 g/mol. The molecule has 1 heterocycles. The van der Waals surface area contributed by atoms with Crippen LogP contribution in [0.25, 0.3) is 0 Å². The lowest BCUT2D eigenvalue weighted by Gasteiger charge is -2.17. The summed E-state index contributed by atoms with van der Waals surface area (Å²) in [6, 6.07) is -0.319. The molecule has 1 aromatic heterocycles. The number of nitrogens with two attached hydrogens (primary N) is 1. The van der Waals surface area contributed by atoms with Gasteiger partial charge in [0.15, 0.2) is 0 Å². The van der Waals surface area contributed by atoms with Crippen LogP contribution in [0, 0.1) is 0 Å². The Balaban J connectivity index is 2.15. The number of aromatic nitrogens is 2. The van der Waals surface area contributed by atoms with Gasteiger partial charge in [0, 0.05) is 12.2 Å². The van der Waals surface area contributed by atoms with E-state index in [1.165, 1.54) is 24.2 Å².